The Balaban J connectivity index is 2.73. The Bertz CT molecular complexity index is 621. The van der Waals surface area contributed by atoms with E-state index in [0.29, 0.717) is 25.8 Å². The number of amides is 2. The van der Waals surface area contributed by atoms with Gasteiger partial charge >= 0.3 is 11.9 Å². The van der Waals surface area contributed by atoms with Crippen molar-refractivity contribution in [2.75, 3.05) is 13.1 Å². The van der Waals surface area contributed by atoms with Crippen LogP contribution in [0.5, 0.6) is 0 Å². The molecule has 1 heterocycles. The summed E-state index contributed by atoms with van der Waals surface area (Å²) in [5.74, 6) is -3.59. The normalized spacial score (nSPS) is 18.2. The van der Waals surface area contributed by atoms with E-state index in [-0.39, 0.29) is 31.8 Å². The summed E-state index contributed by atoms with van der Waals surface area (Å²) < 4.78 is 0. The van der Waals surface area contributed by atoms with Gasteiger partial charge in [0.2, 0.25) is 11.8 Å². The van der Waals surface area contributed by atoms with Crippen molar-refractivity contribution in [2.24, 2.45) is 22.2 Å². The van der Waals surface area contributed by atoms with Gasteiger partial charge in [0.25, 0.3) is 0 Å². The number of likely N-dealkylation sites (tertiary alicyclic amines) is 1. The highest BCUT2D eigenvalue weighted by molar-refractivity contribution is 5.92. The third kappa shape index (κ3) is 7.39. The number of nitrogens with two attached hydrogens (primary N) is 3. The predicted octanol–water partition coefficient (Wildman–Crippen LogP) is -2.21. The van der Waals surface area contributed by atoms with Crippen molar-refractivity contribution in [2.45, 2.75) is 56.7 Å². The van der Waals surface area contributed by atoms with Gasteiger partial charge < -0.3 is 37.6 Å². The smallest absolute Gasteiger partial charge is 0.326 e. The molecule has 1 aliphatic heterocycles. The fourth-order valence-corrected chi connectivity index (χ4v) is 2.94. The summed E-state index contributed by atoms with van der Waals surface area (Å²) >= 11 is 0. The van der Waals surface area contributed by atoms with E-state index in [0.717, 1.165) is 0 Å². The topological polar surface area (TPSA) is 214 Å². The monoisotopic (exact) mass is 400 g/mol. The predicted molar refractivity (Wildman–Crippen MR) is 99.1 cm³/mol. The van der Waals surface area contributed by atoms with Crippen molar-refractivity contribution in [1.82, 2.24) is 10.2 Å². The Labute approximate surface area is 162 Å². The minimum Gasteiger partial charge on any atom is -0.481 e. The van der Waals surface area contributed by atoms with E-state index in [2.05, 4.69) is 10.3 Å². The minimum absolute atomic E-state index is 0.0732. The molecule has 28 heavy (non-hydrogen) atoms. The molecule has 12 heteroatoms. The number of hydrogen-bond acceptors (Lipinski definition) is 6. The first-order chi connectivity index (χ1) is 13.1. The van der Waals surface area contributed by atoms with E-state index in [1.165, 1.54) is 4.90 Å². The fourth-order valence-electron chi connectivity index (χ4n) is 2.94. The van der Waals surface area contributed by atoms with Crippen molar-refractivity contribution < 1.29 is 29.4 Å². The number of carboxylic acid groups (broad SMARTS) is 2. The summed E-state index contributed by atoms with van der Waals surface area (Å²) in [6.07, 6.45) is 1.00. The largest absolute Gasteiger partial charge is 0.481 e. The second-order valence-corrected chi connectivity index (χ2v) is 6.58. The SMILES string of the molecule is NC(N)=NCCC[C@H](N)C(=O)N[C@@H](CCC(=O)O)C(=O)N1CCC[C@H]1C(=O)O. The van der Waals surface area contributed by atoms with Crippen molar-refractivity contribution >= 4 is 29.7 Å². The number of nitrogens with one attached hydrogen (secondary N) is 1. The van der Waals surface area contributed by atoms with Crippen molar-refractivity contribution in [3.8, 4) is 0 Å². The number of carboxylic acids is 2. The third-order valence-electron chi connectivity index (χ3n) is 4.39. The standard InChI is InChI=1S/C16H28N6O6/c17-9(3-1-7-20-16(18)19)13(25)21-10(5-6-12(23)24)14(26)22-8-2-4-11(22)15(27)28/h9-11H,1-8,17H2,(H,21,25)(H,23,24)(H,27,28)(H4,18,19,20)/t9-,10-,11-/m0/s1. The quantitative estimate of drug-likeness (QED) is 0.126. The fraction of sp³-hybridized carbons (Fsp3) is 0.688. The number of carbonyl (C=O) groups is 4. The van der Waals surface area contributed by atoms with Crippen LogP contribution in [0.15, 0.2) is 4.99 Å². The first kappa shape index (κ1) is 23.1. The molecule has 0 saturated carbocycles. The maximum atomic E-state index is 12.7. The number of guanidine groups is 1. The van der Waals surface area contributed by atoms with Gasteiger partial charge in [0.1, 0.15) is 12.1 Å². The summed E-state index contributed by atoms with van der Waals surface area (Å²) in [7, 11) is 0. The van der Waals surface area contributed by atoms with Gasteiger partial charge in [-0.05, 0) is 32.1 Å². The van der Waals surface area contributed by atoms with Crippen LogP contribution in [0.3, 0.4) is 0 Å². The molecule has 12 nitrogen and oxygen atoms in total. The average Bonchev–Trinajstić information content (AvgIpc) is 3.10. The van der Waals surface area contributed by atoms with Gasteiger partial charge in [0, 0.05) is 19.5 Å². The molecule has 0 unspecified atom stereocenters. The molecule has 0 aromatic rings. The zero-order chi connectivity index (χ0) is 21.3. The molecule has 0 aromatic heterocycles. The Morgan fingerprint density at radius 3 is 2.43 bits per heavy atom. The molecule has 9 N–H and O–H groups in total. The lowest BCUT2D eigenvalue weighted by Gasteiger charge is -2.27. The summed E-state index contributed by atoms with van der Waals surface area (Å²) in [5.41, 5.74) is 16.2. The Morgan fingerprint density at radius 2 is 1.86 bits per heavy atom. The lowest BCUT2D eigenvalue weighted by atomic mass is 10.1. The lowest BCUT2D eigenvalue weighted by Crippen LogP contribution is -2.54. The molecule has 1 saturated heterocycles. The highest BCUT2D eigenvalue weighted by atomic mass is 16.4. The van der Waals surface area contributed by atoms with Crippen LogP contribution in [0.1, 0.15) is 38.5 Å². The van der Waals surface area contributed by atoms with Gasteiger partial charge in [-0.2, -0.15) is 0 Å². The van der Waals surface area contributed by atoms with Crippen LogP contribution in [0.4, 0.5) is 0 Å². The second kappa shape index (κ2) is 11.1. The van der Waals surface area contributed by atoms with Gasteiger partial charge in [0.15, 0.2) is 5.96 Å². The highest BCUT2D eigenvalue weighted by Crippen LogP contribution is 2.19. The Morgan fingerprint density at radius 1 is 1.18 bits per heavy atom. The van der Waals surface area contributed by atoms with Crippen LogP contribution in [0, 0.1) is 0 Å². The molecule has 1 aliphatic rings. The van der Waals surface area contributed by atoms with E-state index in [1.54, 1.807) is 0 Å². The molecule has 0 bridgehead atoms. The van der Waals surface area contributed by atoms with Crippen molar-refractivity contribution in [3.05, 3.63) is 0 Å². The Kier molecular flexibility index (Phi) is 9.15. The molecule has 3 atom stereocenters. The van der Waals surface area contributed by atoms with Crippen LogP contribution in [-0.4, -0.2) is 76.0 Å². The van der Waals surface area contributed by atoms with Crippen LogP contribution >= 0.6 is 0 Å². The molecule has 1 rings (SSSR count). The van der Waals surface area contributed by atoms with E-state index >= 15 is 0 Å². The average molecular weight is 400 g/mol. The zero-order valence-corrected chi connectivity index (χ0v) is 15.5. The molecule has 1 fully saturated rings. The first-order valence-electron chi connectivity index (χ1n) is 9.00. The summed E-state index contributed by atoms with van der Waals surface area (Å²) in [4.78, 5) is 52.2. The Hall–Kier alpha value is -2.89. The van der Waals surface area contributed by atoms with Gasteiger partial charge in [-0.1, -0.05) is 0 Å². The molecule has 158 valence electrons. The van der Waals surface area contributed by atoms with Gasteiger partial charge in [0.05, 0.1) is 6.04 Å². The molecule has 0 radical (unpaired) electrons. The molecular formula is C16H28N6O6. The van der Waals surface area contributed by atoms with Gasteiger partial charge in [-0.3, -0.25) is 19.4 Å². The number of aliphatic carboxylic acids is 2. The van der Waals surface area contributed by atoms with Crippen molar-refractivity contribution in [1.29, 1.82) is 0 Å². The molecular weight excluding hydrogens is 372 g/mol. The first-order valence-corrected chi connectivity index (χ1v) is 9.00. The highest BCUT2D eigenvalue weighted by Gasteiger charge is 2.38. The van der Waals surface area contributed by atoms with Crippen LogP contribution in [0.25, 0.3) is 0 Å². The van der Waals surface area contributed by atoms with E-state index in [9.17, 15) is 24.3 Å². The van der Waals surface area contributed by atoms with E-state index in [4.69, 9.17) is 22.3 Å². The number of carbonyl (C=O) groups excluding carboxylic acids is 2. The van der Waals surface area contributed by atoms with Crippen LogP contribution < -0.4 is 22.5 Å². The summed E-state index contributed by atoms with van der Waals surface area (Å²) in [5, 5.41) is 20.6. The maximum Gasteiger partial charge on any atom is 0.326 e. The van der Waals surface area contributed by atoms with E-state index in [1.807, 2.05) is 0 Å². The molecule has 0 aromatic carbocycles. The summed E-state index contributed by atoms with van der Waals surface area (Å²) in [6.45, 7) is 0.526. The van der Waals surface area contributed by atoms with Crippen LogP contribution in [0.2, 0.25) is 0 Å². The zero-order valence-electron chi connectivity index (χ0n) is 15.5. The van der Waals surface area contributed by atoms with Crippen molar-refractivity contribution in [3.63, 3.8) is 0 Å². The number of nitrogens with zero attached hydrogens (tertiary/aromatic N) is 2. The molecule has 2 amide bonds. The molecule has 0 spiro atoms. The number of rotatable bonds is 11. The lowest BCUT2D eigenvalue weighted by molar-refractivity contribution is -0.150. The van der Waals surface area contributed by atoms with Crippen LogP contribution in [-0.2, 0) is 19.2 Å². The second-order valence-electron chi connectivity index (χ2n) is 6.58. The van der Waals surface area contributed by atoms with Gasteiger partial charge in [-0.15, -0.1) is 0 Å². The van der Waals surface area contributed by atoms with E-state index < -0.39 is 41.9 Å². The summed E-state index contributed by atoms with van der Waals surface area (Å²) in [6, 6.07) is -3.08. The minimum atomic E-state index is -1.16. The van der Waals surface area contributed by atoms with Gasteiger partial charge in [-0.25, -0.2) is 4.79 Å². The maximum absolute atomic E-state index is 12.7. The molecule has 0 aliphatic carbocycles. The third-order valence-corrected chi connectivity index (χ3v) is 4.39. The number of aliphatic imine (C=N–C) groups is 1. The number of hydrogen-bond donors (Lipinski definition) is 6.